The number of nitrogens with one attached hydrogen (secondary N) is 1. The van der Waals surface area contributed by atoms with Crippen LogP contribution in [0.15, 0.2) is 16.7 Å². The van der Waals surface area contributed by atoms with E-state index in [1.165, 1.54) is 0 Å². The highest BCUT2D eigenvalue weighted by molar-refractivity contribution is 5.84. The van der Waals surface area contributed by atoms with Gasteiger partial charge in [-0.3, -0.25) is 4.79 Å². The summed E-state index contributed by atoms with van der Waals surface area (Å²) in [5.74, 6) is 0.913. The molecule has 1 atom stereocenters. The lowest BCUT2D eigenvalue weighted by atomic mass is 9.93. The normalized spacial score (nSPS) is 19.8. The fourth-order valence-corrected chi connectivity index (χ4v) is 2.06. The Morgan fingerprint density at radius 1 is 1.59 bits per heavy atom. The second-order valence-corrected chi connectivity index (χ2v) is 4.93. The van der Waals surface area contributed by atoms with Gasteiger partial charge < -0.3 is 14.5 Å². The van der Waals surface area contributed by atoms with Crippen LogP contribution in [-0.2, 0) is 16.0 Å². The zero-order valence-electron chi connectivity index (χ0n) is 10.6. The van der Waals surface area contributed by atoms with E-state index in [2.05, 4.69) is 5.32 Å². The van der Waals surface area contributed by atoms with E-state index in [1.54, 1.807) is 27.2 Å². The smallest absolute Gasteiger partial charge is 0.252 e. The van der Waals surface area contributed by atoms with E-state index in [4.69, 9.17) is 9.15 Å². The van der Waals surface area contributed by atoms with Gasteiger partial charge in [-0.05, 0) is 32.8 Å². The maximum absolute atomic E-state index is 12.0. The van der Waals surface area contributed by atoms with Crippen molar-refractivity contribution in [2.75, 3.05) is 7.11 Å². The van der Waals surface area contributed by atoms with Crippen LogP contribution < -0.4 is 5.32 Å². The Kier molecular flexibility index (Phi) is 3.24. The van der Waals surface area contributed by atoms with E-state index in [0.29, 0.717) is 0 Å². The molecule has 1 aromatic heterocycles. The Bertz CT molecular complexity index is 409. The van der Waals surface area contributed by atoms with Crippen LogP contribution in [0.25, 0.3) is 0 Å². The molecule has 17 heavy (non-hydrogen) atoms. The molecule has 1 aliphatic rings. The Morgan fingerprint density at radius 3 is 3.06 bits per heavy atom. The second kappa shape index (κ2) is 4.53. The third-order valence-electron chi connectivity index (χ3n) is 3.41. The number of ether oxygens (including phenoxy) is 1. The van der Waals surface area contributed by atoms with Crippen molar-refractivity contribution in [3.8, 4) is 0 Å². The molecule has 2 rings (SSSR count). The number of rotatable bonds is 3. The Labute approximate surface area is 101 Å². The molecular weight excluding hydrogens is 218 g/mol. The fraction of sp³-hybridized carbons (Fsp3) is 0.615. The first-order chi connectivity index (χ1) is 8.04. The summed E-state index contributed by atoms with van der Waals surface area (Å²) < 4.78 is 10.6. The standard InChI is InChI=1S/C13H19NO3/c1-13(2,16-3)12(15)14-10-5-4-6-11-9(10)7-8-17-11/h7-8,10H,4-6H2,1-3H3,(H,14,15). The SMILES string of the molecule is COC(C)(C)C(=O)NC1CCCc2occc21. The molecule has 1 amide bonds. The molecule has 0 bridgehead atoms. The molecule has 1 N–H and O–H groups in total. The lowest BCUT2D eigenvalue weighted by molar-refractivity contribution is -0.140. The average molecular weight is 237 g/mol. The molecule has 94 valence electrons. The molecule has 4 heteroatoms. The molecule has 1 unspecified atom stereocenters. The van der Waals surface area contributed by atoms with Crippen LogP contribution in [-0.4, -0.2) is 18.6 Å². The van der Waals surface area contributed by atoms with Crippen LogP contribution in [0.5, 0.6) is 0 Å². The van der Waals surface area contributed by atoms with Crippen molar-refractivity contribution < 1.29 is 13.9 Å². The van der Waals surface area contributed by atoms with E-state index < -0.39 is 5.60 Å². The number of amides is 1. The molecule has 1 aliphatic carbocycles. The molecule has 0 aromatic carbocycles. The van der Waals surface area contributed by atoms with Crippen LogP contribution in [0.3, 0.4) is 0 Å². The van der Waals surface area contributed by atoms with Gasteiger partial charge in [-0.2, -0.15) is 0 Å². The third kappa shape index (κ3) is 2.36. The van der Waals surface area contributed by atoms with Crippen molar-refractivity contribution in [3.63, 3.8) is 0 Å². The van der Waals surface area contributed by atoms with Crippen molar-refractivity contribution in [1.82, 2.24) is 5.32 Å². The summed E-state index contributed by atoms with van der Waals surface area (Å²) in [6.07, 6.45) is 4.65. The summed E-state index contributed by atoms with van der Waals surface area (Å²) >= 11 is 0. The predicted molar refractivity (Wildman–Crippen MR) is 63.6 cm³/mol. The van der Waals surface area contributed by atoms with E-state index >= 15 is 0 Å². The largest absolute Gasteiger partial charge is 0.469 e. The van der Waals surface area contributed by atoms with Crippen LogP contribution in [0.4, 0.5) is 0 Å². The van der Waals surface area contributed by atoms with E-state index in [9.17, 15) is 4.79 Å². The highest BCUT2D eigenvalue weighted by Crippen LogP contribution is 2.30. The summed E-state index contributed by atoms with van der Waals surface area (Å²) in [5.41, 5.74) is 0.318. The van der Waals surface area contributed by atoms with Crippen LogP contribution in [0, 0.1) is 0 Å². The maximum Gasteiger partial charge on any atom is 0.252 e. The minimum absolute atomic E-state index is 0.0550. The zero-order chi connectivity index (χ0) is 12.5. The maximum atomic E-state index is 12.0. The van der Waals surface area contributed by atoms with Gasteiger partial charge in [0.25, 0.3) is 5.91 Å². The van der Waals surface area contributed by atoms with Gasteiger partial charge in [-0.25, -0.2) is 0 Å². The molecule has 0 fully saturated rings. The fourth-order valence-electron chi connectivity index (χ4n) is 2.06. The molecule has 1 aromatic rings. The number of hydrogen-bond donors (Lipinski definition) is 1. The highest BCUT2D eigenvalue weighted by Gasteiger charge is 2.31. The molecule has 0 aliphatic heterocycles. The van der Waals surface area contributed by atoms with Crippen molar-refractivity contribution in [2.24, 2.45) is 0 Å². The number of hydrogen-bond acceptors (Lipinski definition) is 3. The molecule has 0 radical (unpaired) electrons. The number of furan rings is 1. The quantitative estimate of drug-likeness (QED) is 0.876. The van der Waals surface area contributed by atoms with Gasteiger partial charge >= 0.3 is 0 Å². The number of aryl methyl sites for hydroxylation is 1. The van der Waals surface area contributed by atoms with Crippen LogP contribution >= 0.6 is 0 Å². The molecule has 1 heterocycles. The van der Waals surface area contributed by atoms with Gasteiger partial charge in [0.1, 0.15) is 11.4 Å². The first-order valence-electron chi connectivity index (χ1n) is 5.97. The van der Waals surface area contributed by atoms with E-state index in [0.717, 1.165) is 30.6 Å². The topological polar surface area (TPSA) is 51.5 Å². The van der Waals surface area contributed by atoms with Gasteiger partial charge in [0.05, 0.1) is 12.3 Å². The minimum Gasteiger partial charge on any atom is -0.469 e. The summed E-state index contributed by atoms with van der Waals surface area (Å²) in [5, 5.41) is 3.03. The van der Waals surface area contributed by atoms with Crippen molar-refractivity contribution in [3.05, 3.63) is 23.7 Å². The zero-order valence-corrected chi connectivity index (χ0v) is 10.6. The number of methoxy groups -OCH3 is 1. The second-order valence-electron chi connectivity index (χ2n) is 4.93. The highest BCUT2D eigenvalue weighted by atomic mass is 16.5. The van der Waals surface area contributed by atoms with Gasteiger partial charge in [0.15, 0.2) is 0 Å². The van der Waals surface area contributed by atoms with E-state index in [-0.39, 0.29) is 11.9 Å². The molecule has 4 nitrogen and oxygen atoms in total. The van der Waals surface area contributed by atoms with Crippen LogP contribution in [0.2, 0.25) is 0 Å². The Balaban J connectivity index is 2.09. The van der Waals surface area contributed by atoms with Crippen molar-refractivity contribution in [2.45, 2.75) is 44.8 Å². The number of carbonyl (C=O) groups excluding carboxylic acids is 1. The summed E-state index contributed by atoms with van der Waals surface area (Å²) in [7, 11) is 1.55. The molecular formula is C13H19NO3. The summed E-state index contributed by atoms with van der Waals surface area (Å²) in [6, 6.07) is 2.00. The average Bonchev–Trinajstić information content (AvgIpc) is 2.78. The summed E-state index contributed by atoms with van der Waals surface area (Å²) in [6.45, 7) is 3.53. The van der Waals surface area contributed by atoms with Gasteiger partial charge in [-0.1, -0.05) is 0 Å². The van der Waals surface area contributed by atoms with Gasteiger partial charge in [0, 0.05) is 19.1 Å². The van der Waals surface area contributed by atoms with Gasteiger partial charge in [0.2, 0.25) is 0 Å². The Hall–Kier alpha value is -1.29. The Morgan fingerprint density at radius 2 is 2.35 bits per heavy atom. The number of fused-ring (bicyclic) bond motifs is 1. The molecule has 0 saturated heterocycles. The summed E-state index contributed by atoms with van der Waals surface area (Å²) in [4.78, 5) is 12.0. The lowest BCUT2D eigenvalue weighted by Gasteiger charge is -2.28. The van der Waals surface area contributed by atoms with Crippen molar-refractivity contribution in [1.29, 1.82) is 0 Å². The molecule has 0 spiro atoms. The third-order valence-corrected chi connectivity index (χ3v) is 3.41. The first kappa shape index (κ1) is 12.2. The number of carbonyl (C=O) groups is 1. The monoisotopic (exact) mass is 237 g/mol. The predicted octanol–water partition coefficient (Wildman–Crippen LogP) is 2.20. The van der Waals surface area contributed by atoms with Gasteiger partial charge in [-0.15, -0.1) is 0 Å². The van der Waals surface area contributed by atoms with Crippen molar-refractivity contribution >= 4 is 5.91 Å². The minimum atomic E-state index is -0.790. The van der Waals surface area contributed by atoms with E-state index in [1.807, 2.05) is 6.07 Å². The molecule has 0 saturated carbocycles. The first-order valence-corrected chi connectivity index (χ1v) is 5.97. The lowest BCUT2D eigenvalue weighted by Crippen LogP contribution is -2.45. The van der Waals surface area contributed by atoms with Crippen LogP contribution in [0.1, 0.15) is 44.1 Å².